The predicted molar refractivity (Wildman–Crippen MR) is 111 cm³/mol. The summed E-state index contributed by atoms with van der Waals surface area (Å²) < 4.78 is 12.7. The van der Waals surface area contributed by atoms with Gasteiger partial charge in [0, 0.05) is 11.8 Å². The summed E-state index contributed by atoms with van der Waals surface area (Å²) in [6.45, 7) is 4.38. The Morgan fingerprint density at radius 1 is 1.14 bits per heavy atom. The van der Waals surface area contributed by atoms with Gasteiger partial charge in [-0.25, -0.2) is 4.68 Å². The summed E-state index contributed by atoms with van der Waals surface area (Å²) in [4.78, 5) is 24.0. The van der Waals surface area contributed by atoms with E-state index in [1.807, 2.05) is 56.3 Å². The number of carbonyl (C=O) groups is 1. The molecule has 7 nitrogen and oxygen atoms in total. The zero-order valence-corrected chi connectivity index (χ0v) is 16.6. The lowest BCUT2D eigenvalue weighted by atomic mass is 10.1. The van der Waals surface area contributed by atoms with Gasteiger partial charge >= 0.3 is 0 Å². The number of nitrogens with zero attached hydrogens (tertiary/aromatic N) is 2. The van der Waals surface area contributed by atoms with Gasteiger partial charge in [0.1, 0.15) is 18.5 Å². The third-order valence-corrected chi connectivity index (χ3v) is 4.43. The Bertz CT molecular complexity index is 1030. The molecule has 0 saturated carbocycles. The first-order chi connectivity index (χ1) is 13.9. The lowest BCUT2D eigenvalue weighted by Gasteiger charge is -2.17. The van der Waals surface area contributed by atoms with Gasteiger partial charge in [-0.1, -0.05) is 30.3 Å². The molecule has 0 aliphatic rings. The third kappa shape index (κ3) is 5.42. The fraction of sp³-hybridized carbons (Fsp3) is 0.318. The number of fused-ring (bicyclic) bond motifs is 1. The van der Waals surface area contributed by atoms with Crippen LogP contribution in [0.2, 0.25) is 0 Å². The summed E-state index contributed by atoms with van der Waals surface area (Å²) in [6.07, 6.45) is 1.35. The number of nitrogens with two attached hydrogens (primary N) is 1. The summed E-state index contributed by atoms with van der Waals surface area (Å²) in [7, 11) is 0. The number of rotatable bonds is 9. The molecule has 0 aliphatic carbocycles. The fourth-order valence-electron chi connectivity index (χ4n) is 3.02. The SMILES string of the molecule is CC(C)OC(Cc1ccc(OCCn2ncc3ccccc3c2=O)cc1)C(N)=O. The minimum absolute atomic E-state index is 0.0813. The van der Waals surface area contributed by atoms with Gasteiger partial charge in [-0.2, -0.15) is 5.10 Å². The summed E-state index contributed by atoms with van der Waals surface area (Å²) in [5.74, 6) is 0.190. The maximum atomic E-state index is 12.4. The molecule has 3 rings (SSSR count). The smallest absolute Gasteiger partial charge is 0.274 e. The third-order valence-electron chi connectivity index (χ3n) is 4.43. The van der Waals surface area contributed by atoms with Crippen molar-refractivity contribution in [2.45, 2.75) is 39.0 Å². The average molecular weight is 395 g/mol. The molecular weight excluding hydrogens is 370 g/mol. The molecule has 1 heterocycles. The monoisotopic (exact) mass is 395 g/mol. The standard InChI is InChI=1S/C22H25N3O4/c1-15(2)29-20(21(23)26)13-16-7-9-18(10-8-16)28-12-11-25-22(27)19-6-4-3-5-17(19)14-24-25/h3-10,14-15,20H,11-13H2,1-2H3,(H2,23,26). The van der Waals surface area contributed by atoms with Gasteiger partial charge in [-0.3, -0.25) is 9.59 Å². The van der Waals surface area contributed by atoms with Gasteiger partial charge < -0.3 is 15.2 Å². The van der Waals surface area contributed by atoms with Crippen molar-refractivity contribution in [1.29, 1.82) is 0 Å². The fourth-order valence-corrected chi connectivity index (χ4v) is 3.02. The number of benzene rings is 2. The van der Waals surface area contributed by atoms with Crippen LogP contribution in [0.25, 0.3) is 10.8 Å². The molecule has 0 saturated heterocycles. The first-order valence-corrected chi connectivity index (χ1v) is 9.55. The van der Waals surface area contributed by atoms with Crippen LogP contribution < -0.4 is 16.0 Å². The van der Waals surface area contributed by atoms with Gasteiger partial charge in [-0.15, -0.1) is 0 Å². The van der Waals surface area contributed by atoms with E-state index in [1.165, 1.54) is 4.68 Å². The predicted octanol–water partition coefficient (Wildman–Crippen LogP) is 2.30. The van der Waals surface area contributed by atoms with Crippen molar-refractivity contribution in [3.05, 3.63) is 70.6 Å². The van der Waals surface area contributed by atoms with Crippen LogP contribution in [0.5, 0.6) is 5.75 Å². The molecule has 1 aromatic heterocycles. The normalized spacial score (nSPS) is 12.2. The molecule has 0 fully saturated rings. The number of hydrogen-bond donors (Lipinski definition) is 1. The number of hydrogen-bond acceptors (Lipinski definition) is 5. The Balaban J connectivity index is 1.57. The van der Waals surface area contributed by atoms with Crippen molar-refractivity contribution in [1.82, 2.24) is 9.78 Å². The maximum Gasteiger partial charge on any atom is 0.274 e. The quantitative estimate of drug-likeness (QED) is 0.600. The topological polar surface area (TPSA) is 96.4 Å². The number of aromatic nitrogens is 2. The second kappa shape index (κ2) is 9.34. The molecular formula is C22H25N3O4. The van der Waals surface area contributed by atoms with Crippen molar-refractivity contribution in [3.8, 4) is 5.75 Å². The van der Waals surface area contributed by atoms with Crippen molar-refractivity contribution >= 4 is 16.7 Å². The molecule has 152 valence electrons. The van der Waals surface area contributed by atoms with E-state index >= 15 is 0 Å². The van der Waals surface area contributed by atoms with E-state index in [0.717, 1.165) is 10.9 Å². The van der Waals surface area contributed by atoms with Crippen molar-refractivity contribution in [2.24, 2.45) is 5.73 Å². The van der Waals surface area contributed by atoms with Crippen LogP contribution in [0.3, 0.4) is 0 Å². The van der Waals surface area contributed by atoms with Crippen LogP contribution in [0, 0.1) is 0 Å². The van der Waals surface area contributed by atoms with Gasteiger partial charge in [0.15, 0.2) is 0 Å². The number of amides is 1. The van der Waals surface area contributed by atoms with Gasteiger partial charge in [0.2, 0.25) is 5.91 Å². The Hall–Kier alpha value is -3.19. The molecule has 1 unspecified atom stereocenters. The minimum atomic E-state index is -0.660. The van der Waals surface area contributed by atoms with Gasteiger partial charge in [0.05, 0.1) is 24.2 Å². The molecule has 7 heteroatoms. The van der Waals surface area contributed by atoms with Gasteiger partial charge in [-0.05, 0) is 37.6 Å². The number of carbonyl (C=O) groups excluding carboxylic acids is 1. The molecule has 0 bridgehead atoms. The molecule has 0 spiro atoms. The highest BCUT2D eigenvalue weighted by atomic mass is 16.5. The maximum absolute atomic E-state index is 12.4. The average Bonchev–Trinajstić information content (AvgIpc) is 2.70. The van der Waals surface area contributed by atoms with Crippen LogP contribution in [-0.2, 0) is 22.5 Å². The van der Waals surface area contributed by atoms with Crippen molar-refractivity contribution in [2.75, 3.05) is 6.61 Å². The van der Waals surface area contributed by atoms with Crippen molar-refractivity contribution < 1.29 is 14.3 Å². The summed E-state index contributed by atoms with van der Waals surface area (Å²) in [5, 5.41) is 5.65. The van der Waals surface area contributed by atoms with Crippen LogP contribution >= 0.6 is 0 Å². The van der Waals surface area contributed by atoms with E-state index in [2.05, 4.69) is 5.10 Å². The highest BCUT2D eigenvalue weighted by Gasteiger charge is 2.18. The first kappa shape index (κ1) is 20.5. The molecule has 1 amide bonds. The molecule has 29 heavy (non-hydrogen) atoms. The molecule has 1 atom stereocenters. The lowest BCUT2D eigenvalue weighted by molar-refractivity contribution is -0.132. The van der Waals surface area contributed by atoms with Gasteiger partial charge in [0.25, 0.3) is 5.56 Å². The Morgan fingerprint density at radius 2 is 1.86 bits per heavy atom. The van der Waals surface area contributed by atoms with E-state index in [1.54, 1.807) is 12.3 Å². The summed E-state index contributed by atoms with van der Waals surface area (Å²) >= 11 is 0. The molecule has 2 N–H and O–H groups in total. The van der Waals surface area contributed by atoms with Crippen LogP contribution in [0.15, 0.2) is 59.5 Å². The zero-order valence-electron chi connectivity index (χ0n) is 16.6. The summed E-state index contributed by atoms with van der Waals surface area (Å²) in [5.41, 5.74) is 6.20. The molecule has 3 aromatic rings. The molecule has 2 aromatic carbocycles. The van der Waals surface area contributed by atoms with Crippen LogP contribution in [0.4, 0.5) is 0 Å². The second-order valence-corrected chi connectivity index (χ2v) is 7.03. The highest BCUT2D eigenvalue weighted by Crippen LogP contribution is 2.15. The first-order valence-electron chi connectivity index (χ1n) is 9.55. The van der Waals surface area contributed by atoms with E-state index < -0.39 is 12.0 Å². The van der Waals surface area contributed by atoms with Crippen molar-refractivity contribution in [3.63, 3.8) is 0 Å². The van der Waals surface area contributed by atoms with Crippen LogP contribution in [-0.4, -0.2) is 34.5 Å². The second-order valence-electron chi connectivity index (χ2n) is 7.03. The van der Waals surface area contributed by atoms with E-state index in [0.29, 0.717) is 30.7 Å². The Morgan fingerprint density at radius 3 is 2.55 bits per heavy atom. The highest BCUT2D eigenvalue weighted by molar-refractivity contribution is 5.80. The lowest BCUT2D eigenvalue weighted by Crippen LogP contribution is -2.35. The van der Waals surface area contributed by atoms with E-state index in [9.17, 15) is 9.59 Å². The Labute approximate surface area is 169 Å². The minimum Gasteiger partial charge on any atom is -0.492 e. The van der Waals surface area contributed by atoms with E-state index in [-0.39, 0.29) is 11.7 Å². The van der Waals surface area contributed by atoms with Crippen LogP contribution in [0.1, 0.15) is 19.4 Å². The number of primary amides is 1. The zero-order chi connectivity index (χ0) is 20.8. The summed E-state index contributed by atoms with van der Waals surface area (Å²) in [6, 6.07) is 14.7. The largest absolute Gasteiger partial charge is 0.492 e. The molecule has 0 radical (unpaired) electrons. The van der Waals surface area contributed by atoms with E-state index in [4.69, 9.17) is 15.2 Å². The Kier molecular flexibility index (Phi) is 6.61. The molecule has 0 aliphatic heterocycles. The number of ether oxygens (including phenoxy) is 2.